The molecule has 1 atom stereocenters. The zero-order chi connectivity index (χ0) is 20.4. The fourth-order valence-electron chi connectivity index (χ4n) is 2.53. The highest BCUT2D eigenvalue weighted by Gasteiger charge is 2.56. The highest BCUT2D eigenvalue weighted by atomic mass is 32.2. The van der Waals surface area contributed by atoms with Gasteiger partial charge in [-0.15, -0.1) is 0 Å². The molecular formula is C17H31F3O5S. The lowest BCUT2D eigenvalue weighted by atomic mass is 10.0. The van der Waals surface area contributed by atoms with Crippen LogP contribution in [0.1, 0.15) is 78.6 Å². The molecule has 0 aliphatic carbocycles. The van der Waals surface area contributed by atoms with Gasteiger partial charge < -0.3 is 4.74 Å². The molecule has 0 spiro atoms. The molecule has 1 N–H and O–H groups in total. The maximum Gasteiger partial charge on any atom is 0.429 e. The lowest BCUT2D eigenvalue weighted by Crippen LogP contribution is -2.51. The SMILES string of the molecule is CC(C)CCCCCCCCCC(=O)OC(C)(CS(=O)(=O)O)C(F)(F)F. The molecule has 0 aromatic heterocycles. The van der Waals surface area contributed by atoms with Crippen molar-refractivity contribution in [2.75, 3.05) is 5.75 Å². The van der Waals surface area contributed by atoms with Crippen LogP contribution in [0.15, 0.2) is 0 Å². The third kappa shape index (κ3) is 11.7. The summed E-state index contributed by atoms with van der Waals surface area (Å²) in [7, 11) is -4.95. The second-order valence-corrected chi connectivity index (χ2v) is 8.79. The van der Waals surface area contributed by atoms with Gasteiger partial charge in [-0.05, 0) is 19.3 Å². The number of rotatable bonds is 13. The van der Waals surface area contributed by atoms with Crippen molar-refractivity contribution in [1.29, 1.82) is 0 Å². The van der Waals surface area contributed by atoms with E-state index in [9.17, 15) is 26.4 Å². The van der Waals surface area contributed by atoms with Crippen LogP contribution in [-0.2, 0) is 19.6 Å². The first-order valence-corrected chi connectivity index (χ1v) is 10.6. The van der Waals surface area contributed by atoms with E-state index in [-0.39, 0.29) is 6.42 Å². The summed E-state index contributed by atoms with van der Waals surface area (Å²) in [6, 6.07) is 0. The molecule has 9 heteroatoms. The van der Waals surface area contributed by atoms with Gasteiger partial charge in [0.15, 0.2) is 0 Å². The van der Waals surface area contributed by atoms with Gasteiger partial charge in [0, 0.05) is 6.42 Å². The van der Waals surface area contributed by atoms with Crippen LogP contribution < -0.4 is 0 Å². The summed E-state index contributed by atoms with van der Waals surface area (Å²) in [6.45, 7) is 4.80. The van der Waals surface area contributed by atoms with Crippen LogP contribution in [0, 0.1) is 5.92 Å². The number of hydrogen-bond acceptors (Lipinski definition) is 4. The van der Waals surface area contributed by atoms with Crippen molar-refractivity contribution in [3.8, 4) is 0 Å². The number of halogens is 3. The molecule has 0 saturated heterocycles. The zero-order valence-electron chi connectivity index (χ0n) is 15.8. The molecule has 0 heterocycles. The minimum absolute atomic E-state index is 0.218. The third-order valence-electron chi connectivity index (χ3n) is 4.06. The van der Waals surface area contributed by atoms with Crippen molar-refractivity contribution in [3.63, 3.8) is 0 Å². The third-order valence-corrected chi connectivity index (χ3v) is 4.97. The van der Waals surface area contributed by atoms with Crippen LogP contribution in [-0.4, -0.2) is 36.5 Å². The molecule has 0 aliphatic heterocycles. The van der Waals surface area contributed by atoms with Crippen LogP contribution in [0.25, 0.3) is 0 Å². The summed E-state index contributed by atoms with van der Waals surface area (Å²) in [5.41, 5.74) is -3.26. The van der Waals surface area contributed by atoms with E-state index in [0.29, 0.717) is 25.7 Å². The second-order valence-electron chi connectivity index (χ2n) is 7.34. The molecule has 0 bridgehead atoms. The molecule has 0 saturated carbocycles. The topological polar surface area (TPSA) is 80.7 Å². The van der Waals surface area contributed by atoms with Crippen molar-refractivity contribution in [1.82, 2.24) is 0 Å². The van der Waals surface area contributed by atoms with Gasteiger partial charge >= 0.3 is 12.1 Å². The number of hydrogen-bond donors (Lipinski definition) is 1. The molecule has 0 fully saturated rings. The Kier molecular flexibility index (Phi) is 10.8. The van der Waals surface area contributed by atoms with E-state index in [1.54, 1.807) is 0 Å². The van der Waals surface area contributed by atoms with E-state index in [1.807, 2.05) is 0 Å². The monoisotopic (exact) mass is 404 g/mol. The predicted molar refractivity (Wildman–Crippen MR) is 93.4 cm³/mol. The van der Waals surface area contributed by atoms with Crippen LogP contribution in [0.3, 0.4) is 0 Å². The molecule has 0 aromatic rings. The molecule has 0 aliphatic rings. The average molecular weight is 404 g/mol. The first kappa shape index (κ1) is 25.2. The fourth-order valence-corrected chi connectivity index (χ4v) is 3.44. The van der Waals surface area contributed by atoms with Gasteiger partial charge in [-0.1, -0.05) is 58.8 Å². The normalized spacial score (nSPS) is 15.1. The highest BCUT2D eigenvalue weighted by Crippen LogP contribution is 2.35. The van der Waals surface area contributed by atoms with E-state index >= 15 is 0 Å². The number of unbranched alkanes of at least 4 members (excludes halogenated alkanes) is 6. The van der Waals surface area contributed by atoms with Gasteiger partial charge in [-0.3, -0.25) is 9.35 Å². The minimum Gasteiger partial charge on any atom is -0.448 e. The number of esters is 1. The van der Waals surface area contributed by atoms with Gasteiger partial charge in [0.2, 0.25) is 5.60 Å². The van der Waals surface area contributed by atoms with E-state index in [2.05, 4.69) is 18.6 Å². The van der Waals surface area contributed by atoms with Crippen molar-refractivity contribution in [2.24, 2.45) is 5.92 Å². The van der Waals surface area contributed by atoms with Crippen LogP contribution in [0.4, 0.5) is 13.2 Å². The van der Waals surface area contributed by atoms with Gasteiger partial charge in [-0.25, -0.2) is 0 Å². The summed E-state index contributed by atoms with van der Waals surface area (Å²) < 4.78 is 73.5. The van der Waals surface area contributed by atoms with E-state index in [0.717, 1.165) is 25.7 Å². The standard InChI is InChI=1S/C17H31F3O5S/c1-14(2)11-9-7-5-4-6-8-10-12-15(21)25-16(3,17(18,19)20)13-26(22,23)24/h14H,4-13H2,1-3H3,(H,22,23,24). The Hall–Kier alpha value is -0.830. The molecule has 26 heavy (non-hydrogen) atoms. The van der Waals surface area contributed by atoms with Gasteiger partial charge in [0.1, 0.15) is 5.75 Å². The molecule has 0 amide bonds. The summed E-state index contributed by atoms with van der Waals surface area (Å²) in [5.74, 6) is -2.14. The summed E-state index contributed by atoms with van der Waals surface area (Å²) >= 11 is 0. The number of ether oxygens (including phenoxy) is 1. The summed E-state index contributed by atoms with van der Waals surface area (Å²) in [4.78, 5) is 11.6. The zero-order valence-corrected chi connectivity index (χ0v) is 16.6. The Labute approximate surface area is 154 Å². The maximum atomic E-state index is 13.0. The van der Waals surface area contributed by atoms with Crippen molar-refractivity contribution >= 4 is 16.1 Å². The summed E-state index contributed by atoms with van der Waals surface area (Å²) in [6.07, 6.45) is 2.29. The Bertz CT molecular complexity index is 517. The lowest BCUT2D eigenvalue weighted by Gasteiger charge is -2.30. The molecule has 0 aromatic carbocycles. The van der Waals surface area contributed by atoms with Crippen LogP contribution >= 0.6 is 0 Å². The largest absolute Gasteiger partial charge is 0.448 e. The molecule has 5 nitrogen and oxygen atoms in total. The maximum absolute atomic E-state index is 13.0. The quantitative estimate of drug-likeness (QED) is 0.268. The van der Waals surface area contributed by atoms with E-state index < -0.39 is 33.6 Å². The van der Waals surface area contributed by atoms with Crippen LogP contribution in [0.5, 0.6) is 0 Å². The number of alkyl halides is 3. The first-order chi connectivity index (χ1) is 11.8. The second kappa shape index (κ2) is 11.1. The van der Waals surface area contributed by atoms with Crippen molar-refractivity contribution < 1.29 is 35.7 Å². The lowest BCUT2D eigenvalue weighted by molar-refractivity contribution is -0.256. The smallest absolute Gasteiger partial charge is 0.429 e. The molecular weight excluding hydrogens is 373 g/mol. The van der Waals surface area contributed by atoms with E-state index in [1.165, 1.54) is 12.8 Å². The van der Waals surface area contributed by atoms with Gasteiger partial charge in [0.05, 0.1) is 0 Å². The predicted octanol–water partition coefficient (Wildman–Crippen LogP) is 4.91. The van der Waals surface area contributed by atoms with E-state index in [4.69, 9.17) is 4.55 Å². The fraction of sp³-hybridized carbons (Fsp3) is 0.941. The Morgan fingerprint density at radius 2 is 1.46 bits per heavy atom. The molecule has 1 unspecified atom stereocenters. The Morgan fingerprint density at radius 1 is 1.00 bits per heavy atom. The van der Waals surface area contributed by atoms with Crippen molar-refractivity contribution in [2.45, 2.75) is 90.3 Å². The Balaban J connectivity index is 4.12. The Morgan fingerprint density at radius 3 is 1.88 bits per heavy atom. The first-order valence-electron chi connectivity index (χ1n) is 9.00. The molecule has 0 radical (unpaired) electrons. The van der Waals surface area contributed by atoms with Gasteiger partial charge in [-0.2, -0.15) is 21.6 Å². The number of carbonyl (C=O) groups excluding carboxylic acids is 1. The van der Waals surface area contributed by atoms with Gasteiger partial charge in [0.25, 0.3) is 10.1 Å². The average Bonchev–Trinajstić information content (AvgIpc) is 2.41. The van der Waals surface area contributed by atoms with Crippen LogP contribution in [0.2, 0.25) is 0 Å². The van der Waals surface area contributed by atoms with Crippen molar-refractivity contribution in [3.05, 3.63) is 0 Å². The minimum atomic E-state index is -5.10. The highest BCUT2D eigenvalue weighted by molar-refractivity contribution is 7.85. The molecule has 156 valence electrons. The number of carbonyl (C=O) groups is 1. The molecule has 0 rings (SSSR count). The summed E-state index contributed by atoms with van der Waals surface area (Å²) in [5, 5.41) is 0.